The van der Waals surface area contributed by atoms with E-state index in [9.17, 15) is 9.18 Å². The summed E-state index contributed by atoms with van der Waals surface area (Å²) in [7, 11) is 0. The molecule has 1 heterocycles. The highest BCUT2D eigenvalue weighted by Crippen LogP contribution is 2.36. The van der Waals surface area contributed by atoms with Gasteiger partial charge in [0.1, 0.15) is 24.3 Å². The van der Waals surface area contributed by atoms with E-state index in [1.165, 1.54) is 41.2 Å². The minimum absolute atomic E-state index is 0.168. The SMILES string of the molecule is O=c1c2c(Cl)cc(Cl)c(OCc3ccccc3)c2ncn1-c1ccc(F)cc1. The Morgan fingerprint density at radius 2 is 1.71 bits per heavy atom. The Kier molecular flexibility index (Phi) is 5.03. The quantitative estimate of drug-likeness (QED) is 0.448. The maximum absolute atomic E-state index is 13.2. The van der Waals surface area contributed by atoms with Gasteiger partial charge in [-0.15, -0.1) is 0 Å². The first-order chi connectivity index (χ1) is 13.5. The van der Waals surface area contributed by atoms with Crippen LogP contribution < -0.4 is 10.3 Å². The summed E-state index contributed by atoms with van der Waals surface area (Å²) >= 11 is 12.6. The molecule has 0 saturated heterocycles. The Labute approximate surface area is 169 Å². The van der Waals surface area contributed by atoms with E-state index < -0.39 is 11.4 Å². The topological polar surface area (TPSA) is 44.1 Å². The summed E-state index contributed by atoms with van der Waals surface area (Å²) < 4.78 is 20.3. The smallest absolute Gasteiger partial charge is 0.267 e. The number of rotatable bonds is 4. The summed E-state index contributed by atoms with van der Waals surface area (Å²) in [6, 6.07) is 16.5. The maximum atomic E-state index is 13.2. The summed E-state index contributed by atoms with van der Waals surface area (Å²) in [5.41, 5.74) is 1.29. The molecule has 28 heavy (non-hydrogen) atoms. The zero-order chi connectivity index (χ0) is 19.7. The minimum atomic E-state index is -0.400. The molecule has 0 unspecified atom stereocenters. The molecule has 4 nitrogen and oxygen atoms in total. The Balaban J connectivity index is 1.82. The number of fused-ring (bicyclic) bond motifs is 1. The minimum Gasteiger partial charge on any atom is -0.485 e. The maximum Gasteiger partial charge on any atom is 0.267 e. The van der Waals surface area contributed by atoms with Crippen molar-refractivity contribution in [3.05, 3.63) is 98.8 Å². The predicted molar refractivity (Wildman–Crippen MR) is 108 cm³/mol. The molecule has 0 spiro atoms. The number of ether oxygens (including phenoxy) is 1. The molecule has 0 aliphatic heterocycles. The molecule has 4 aromatic rings. The second kappa shape index (κ2) is 7.62. The van der Waals surface area contributed by atoms with E-state index in [1.54, 1.807) is 0 Å². The summed E-state index contributed by atoms with van der Waals surface area (Å²) in [6.07, 6.45) is 1.35. The van der Waals surface area contributed by atoms with Crippen LogP contribution in [0.15, 0.2) is 71.8 Å². The molecule has 1 aromatic heterocycles. The average molecular weight is 415 g/mol. The van der Waals surface area contributed by atoms with Crippen molar-refractivity contribution in [1.29, 1.82) is 0 Å². The molecular weight excluding hydrogens is 402 g/mol. The van der Waals surface area contributed by atoms with Crippen molar-refractivity contribution in [2.45, 2.75) is 6.61 Å². The van der Waals surface area contributed by atoms with Gasteiger partial charge in [-0.2, -0.15) is 0 Å². The number of hydrogen-bond donors (Lipinski definition) is 0. The second-order valence-corrected chi connectivity index (χ2v) is 6.88. The fourth-order valence-corrected chi connectivity index (χ4v) is 3.44. The molecule has 0 aliphatic rings. The molecular formula is C21H13Cl2FN2O2. The van der Waals surface area contributed by atoms with E-state index >= 15 is 0 Å². The van der Waals surface area contributed by atoms with E-state index in [4.69, 9.17) is 27.9 Å². The lowest BCUT2D eigenvalue weighted by molar-refractivity contribution is 0.309. The highest BCUT2D eigenvalue weighted by molar-refractivity contribution is 6.39. The molecule has 7 heteroatoms. The van der Waals surface area contributed by atoms with E-state index in [0.29, 0.717) is 5.69 Å². The molecule has 0 radical (unpaired) electrons. The van der Waals surface area contributed by atoms with E-state index in [1.807, 2.05) is 30.3 Å². The van der Waals surface area contributed by atoms with Crippen molar-refractivity contribution in [2.24, 2.45) is 0 Å². The van der Waals surface area contributed by atoms with Crippen molar-refractivity contribution < 1.29 is 9.13 Å². The molecule has 0 saturated carbocycles. The third-order valence-electron chi connectivity index (χ3n) is 4.23. The van der Waals surface area contributed by atoms with Crippen LogP contribution in [0.2, 0.25) is 10.0 Å². The number of nitrogens with zero attached hydrogens (tertiary/aromatic N) is 2. The lowest BCUT2D eigenvalue weighted by Crippen LogP contribution is -2.19. The van der Waals surface area contributed by atoms with E-state index in [-0.39, 0.29) is 33.3 Å². The van der Waals surface area contributed by atoms with E-state index in [2.05, 4.69) is 4.98 Å². The van der Waals surface area contributed by atoms with Crippen molar-refractivity contribution in [1.82, 2.24) is 9.55 Å². The first-order valence-corrected chi connectivity index (χ1v) is 9.12. The fraction of sp³-hybridized carbons (Fsp3) is 0.0476. The highest BCUT2D eigenvalue weighted by Gasteiger charge is 2.17. The van der Waals surface area contributed by atoms with Gasteiger partial charge in [-0.3, -0.25) is 9.36 Å². The zero-order valence-corrected chi connectivity index (χ0v) is 15.9. The van der Waals surface area contributed by atoms with Gasteiger partial charge in [-0.25, -0.2) is 9.37 Å². The molecule has 0 atom stereocenters. The van der Waals surface area contributed by atoms with Gasteiger partial charge in [-0.05, 0) is 35.9 Å². The van der Waals surface area contributed by atoms with Gasteiger partial charge in [-0.1, -0.05) is 53.5 Å². The van der Waals surface area contributed by atoms with Crippen LogP contribution in [0.25, 0.3) is 16.6 Å². The number of aromatic nitrogens is 2. The number of hydrogen-bond acceptors (Lipinski definition) is 3. The van der Waals surface area contributed by atoms with Crippen molar-refractivity contribution >= 4 is 34.1 Å². The van der Waals surface area contributed by atoms with Gasteiger partial charge in [0.2, 0.25) is 0 Å². The van der Waals surface area contributed by atoms with Crippen molar-refractivity contribution in [3.63, 3.8) is 0 Å². The van der Waals surface area contributed by atoms with Crippen LogP contribution in [0.5, 0.6) is 5.75 Å². The monoisotopic (exact) mass is 414 g/mol. The third-order valence-corrected chi connectivity index (χ3v) is 4.81. The van der Waals surface area contributed by atoms with Crippen LogP contribution >= 0.6 is 23.2 Å². The standard InChI is InChI=1S/C21H13Cl2FN2O2/c22-16-10-17(23)20(28-11-13-4-2-1-3-5-13)19-18(16)21(27)26(12-25-19)15-8-6-14(24)7-9-15/h1-10,12H,11H2. The molecule has 0 bridgehead atoms. The van der Waals surface area contributed by atoms with Crippen LogP contribution in [0, 0.1) is 5.82 Å². The first-order valence-electron chi connectivity index (χ1n) is 8.36. The van der Waals surface area contributed by atoms with Crippen LogP contribution in [0.4, 0.5) is 4.39 Å². The van der Waals surface area contributed by atoms with Crippen LogP contribution in [0.3, 0.4) is 0 Å². The second-order valence-electron chi connectivity index (χ2n) is 6.06. The molecule has 0 amide bonds. The van der Waals surface area contributed by atoms with Crippen LogP contribution in [-0.4, -0.2) is 9.55 Å². The molecule has 0 aliphatic carbocycles. The summed E-state index contributed by atoms with van der Waals surface area (Å²) in [6.45, 7) is 0.264. The summed E-state index contributed by atoms with van der Waals surface area (Å²) in [5, 5.41) is 0.613. The van der Waals surface area contributed by atoms with Crippen LogP contribution in [0.1, 0.15) is 5.56 Å². The Bertz CT molecular complexity index is 1210. The lowest BCUT2D eigenvalue weighted by Gasteiger charge is -2.13. The van der Waals surface area contributed by atoms with Gasteiger partial charge in [0.25, 0.3) is 5.56 Å². The molecule has 3 aromatic carbocycles. The highest BCUT2D eigenvalue weighted by atomic mass is 35.5. The number of halogens is 3. The van der Waals surface area contributed by atoms with Crippen molar-refractivity contribution in [3.8, 4) is 11.4 Å². The van der Waals surface area contributed by atoms with Gasteiger partial charge in [0.05, 0.1) is 21.1 Å². The fourth-order valence-electron chi connectivity index (χ4n) is 2.86. The van der Waals surface area contributed by atoms with Gasteiger partial charge in [0, 0.05) is 0 Å². The molecule has 4 rings (SSSR count). The first kappa shape index (κ1) is 18.5. The Morgan fingerprint density at radius 1 is 1.00 bits per heavy atom. The van der Waals surface area contributed by atoms with Gasteiger partial charge >= 0.3 is 0 Å². The van der Waals surface area contributed by atoms with Crippen molar-refractivity contribution in [2.75, 3.05) is 0 Å². The molecule has 0 fully saturated rings. The van der Waals surface area contributed by atoms with Crippen LogP contribution in [-0.2, 0) is 6.61 Å². The predicted octanol–water partition coefficient (Wildman–Crippen LogP) is 5.41. The summed E-state index contributed by atoms with van der Waals surface area (Å²) in [5.74, 6) is -0.111. The largest absolute Gasteiger partial charge is 0.485 e. The average Bonchev–Trinajstić information content (AvgIpc) is 2.69. The normalized spacial score (nSPS) is 11.0. The summed E-state index contributed by atoms with van der Waals surface area (Å²) in [4.78, 5) is 17.4. The van der Waals surface area contributed by atoms with Gasteiger partial charge in [0.15, 0.2) is 5.75 Å². The molecule has 140 valence electrons. The molecule has 0 N–H and O–H groups in total. The van der Waals surface area contributed by atoms with Gasteiger partial charge < -0.3 is 4.74 Å². The van der Waals surface area contributed by atoms with E-state index in [0.717, 1.165) is 5.56 Å². The zero-order valence-electron chi connectivity index (χ0n) is 14.4. The lowest BCUT2D eigenvalue weighted by atomic mass is 10.2. The third kappa shape index (κ3) is 3.46. The Morgan fingerprint density at radius 3 is 2.43 bits per heavy atom. The Hall–Kier alpha value is -2.89. The number of benzene rings is 3.